The summed E-state index contributed by atoms with van der Waals surface area (Å²) in [5, 5.41) is 12.5. The number of urea groups is 1. The minimum absolute atomic E-state index is 0.239. The van der Waals surface area contributed by atoms with E-state index >= 15 is 0 Å². The van der Waals surface area contributed by atoms with E-state index in [9.17, 15) is 14.7 Å². The summed E-state index contributed by atoms with van der Waals surface area (Å²) in [5.74, 6) is -2.55. The number of amides is 2. The third-order valence-electron chi connectivity index (χ3n) is 4.17. The van der Waals surface area contributed by atoms with Crippen molar-refractivity contribution in [2.45, 2.75) is 32.7 Å². The Bertz CT molecular complexity index is 763. The van der Waals surface area contributed by atoms with Crippen molar-refractivity contribution in [2.24, 2.45) is 16.5 Å². The van der Waals surface area contributed by atoms with Crippen molar-refractivity contribution < 1.29 is 14.7 Å². The van der Waals surface area contributed by atoms with E-state index in [2.05, 4.69) is 10.3 Å². The van der Waals surface area contributed by atoms with Gasteiger partial charge in [-0.3, -0.25) is 10.5 Å². The second-order valence-corrected chi connectivity index (χ2v) is 5.99. The summed E-state index contributed by atoms with van der Waals surface area (Å²) in [4.78, 5) is 30.2. The molecule has 1 aromatic carbocycles. The van der Waals surface area contributed by atoms with Crippen LogP contribution in [0.2, 0.25) is 0 Å². The first-order valence-electron chi connectivity index (χ1n) is 8.18. The fourth-order valence-electron chi connectivity index (χ4n) is 2.90. The molecule has 1 aliphatic heterocycles. The molecule has 0 bridgehead atoms. The molecule has 0 fully saturated rings. The molecule has 0 aliphatic carbocycles. The Morgan fingerprint density at radius 3 is 2.69 bits per heavy atom. The van der Waals surface area contributed by atoms with Gasteiger partial charge in [0.1, 0.15) is 11.9 Å². The molecular weight excluding hydrogens is 336 g/mol. The summed E-state index contributed by atoms with van der Waals surface area (Å²) >= 11 is 0. The lowest BCUT2D eigenvalue weighted by molar-refractivity contribution is -0.148. The molecule has 2 amide bonds. The molecule has 0 saturated heterocycles. The number of likely N-dealkylation sites (N-methyl/N-ethyl adjacent to an activating group) is 1. The maximum atomic E-state index is 12.2. The largest absolute Gasteiger partial charge is 0.480 e. The number of aryl methyl sites for hydroxylation is 1. The van der Waals surface area contributed by atoms with Crippen LogP contribution in [0.4, 0.5) is 10.5 Å². The average molecular weight is 360 g/mol. The van der Waals surface area contributed by atoms with Crippen LogP contribution in [0.3, 0.4) is 0 Å². The maximum absolute atomic E-state index is 12.2. The van der Waals surface area contributed by atoms with Crippen molar-refractivity contribution in [2.75, 3.05) is 11.9 Å². The first kappa shape index (κ1) is 19.4. The number of nitrogens with zero attached hydrogens (tertiary/aromatic N) is 3. The minimum Gasteiger partial charge on any atom is -0.480 e. The molecule has 0 aromatic heterocycles. The van der Waals surface area contributed by atoms with Crippen molar-refractivity contribution in [1.29, 1.82) is 0 Å². The first-order chi connectivity index (χ1) is 12.2. The summed E-state index contributed by atoms with van der Waals surface area (Å²) in [5.41, 5.74) is 13.7. The molecule has 2 rings (SSSR count). The van der Waals surface area contributed by atoms with E-state index < -0.39 is 24.0 Å². The Morgan fingerprint density at radius 2 is 2.15 bits per heavy atom. The zero-order chi connectivity index (χ0) is 19.5. The van der Waals surface area contributed by atoms with E-state index in [-0.39, 0.29) is 6.54 Å². The predicted octanol–water partition coefficient (Wildman–Crippen LogP) is 1.08. The lowest BCUT2D eigenvalue weighted by Gasteiger charge is -2.47. The van der Waals surface area contributed by atoms with Crippen LogP contribution in [0.1, 0.15) is 19.4 Å². The van der Waals surface area contributed by atoms with E-state index in [1.807, 2.05) is 31.2 Å². The third kappa shape index (κ3) is 3.68. The van der Waals surface area contributed by atoms with Crippen LogP contribution in [0.5, 0.6) is 0 Å². The van der Waals surface area contributed by atoms with Crippen LogP contribution in [-0.2, 0) is 4.79 Å². The smallest absolute Gasteiger partial charge is 0.324 e. The number of allylic oxidation sites excluding steroid dienone is 1. The summed E-state index contributed by atoms with van der Waals surface area (Å²) in [6, 6.07) is 5.68. The van der Waals surface area contributed by atoms with Crippen LogP contribution in [-0.4, -0.2) is 51.6 Å². The number of carboxylic acids is 1. The van der Waals surface area contributed by atoms with E-state index in [1.54, 1.807) is 13.0 Å². The molecule has 0 saturated carbocycles. The molecule has 6 N–H and O–H groups in total. The standard InChI is InChI=1S/C17H24N6O3/c1-4-22(12(3)15(24)25)17(19)20-9-8-14(23(17)16(18)26)21-13-7-5-6-11(2)10-13/h5-10,12,21H,4,19H2,1-3H3,(H2,18,26)(H,24,25). The Balaban J connectivity index is 2.43. The number of carboxylic acid groups (broad SMARTS) is 1. The van der Waals surface area contributed by atoms with Gasteiger partial charge in [0.2, 0.25) is 0 Å². The third-order valence-corrected chi connectivity index (χ3v) is 4.17. The van der Waals surface area contributed by atoms with Gasteiger partial charge in [0.25, 0.3) is 5.91 Å². The number of aliphatic imine (C=N–C) groups is 1. The quantitative estimate of drug-likeness (QED) is 0.560. The van der Waals surface area contributed by atoms with Crippen molar-refractivity contribution in [3.05, 3.63) is 41.7 Å². The van der Waals surface area contributed by atoms with Gasteiger partial charge in [-0.25, -0.2) is 19.6 Å². The molecule has 26 heavy (non-hydrogen) atoms. The first-order valence-corrected chi connectivity index (χ1v) is 8.18. The highest BCUT2D eigenvalue weighted by Gasteiger charge is 2.47. The van der Waals surface area contributed by atoms with E-state index in [4.69, 9.17) is 11.5 Å². The van der Waals surface area contributed by atoms with E-state index in [1.165, 1.54) is 18.0 Å². The summed E-state index contributed by atoms with van der Waals surface area (Å²) in [7, 11) is 0. The summed E-state index contributed by atoms with van der Waals surface area (Å²) < 4.78 is 0. The fraction of sp³-hybridized carbons (Fsp3) is 0.353. The number of anilines is 1. The second-order valence-electron chi connectivity index (χ2n) is 5.99. The van der Waals surface area contributed by atoms with Crippen LogP contribution in [0, 0.1) is 6.92 Å². The molecule has 1 heterocycles. The molecule has 1 aromatic rings. The number of aliphatic carboxylic acids is 1. The van der Waals surface area contributed by atoms with Gasteiger partial charge in [-0.1, -0.05) is 19.1 Å². The van der Waals surface area contributed by atoms with Crippen LogP contribution in [0.25, 0.3) is 0 Å². The molecule has 140 valence electrons. The van der Waals surface area contributed by atoms with Crippen LogP contribution in [0.15, 0.2) is 41.2 Å². The SMILES string of the molecule is CCN(C(C)C(=O)O)C1(N)N=CC=C(Nc2cccc(C)c2)N1C(N)=O. The van der Waals surface area contributed by atoms with Gasteiger partial charge < -0.3 is 16.2 Å². The number of benzene rings is 1. The monoisotopic (exact) mass is 360 g/mol. The highest BCUT2D eigenvalue weighted by molar-refractivity contribution is 5.83. The number of hydrogen-bond donors (Lipinski definition) is 4. The molecule has 9 nitrogen and oxygen atoms in total. The maximum Gasteiger partial charge on any atom is 0.324 e. The summed E-state index contributed by atoms with van der Waals surface area (Å²) in [6.45, 7) is 5.38. The van der Waals surface area contributed by atoms with Crippen molar-refractivity contribution in [3.63, 3.8) is 0 Å². The van der Waals surface area contributed by atoms with Crippen molar-refractivity contribution in [3.8, 4) is 0 Å². The Hall–Kier alpha value is -2.91. The highest BCUT2D eigenvalue weighted by atomic mass is 16.4. The predicted molar refractivity (Wildman–Crippen MR) is 99.2 cm³/mol. The Kier molecular flexibility index (Phi) is 5.63. The molecule has 0 radical (unpaired) electrons. The van der Waals surface area contributed by atoms with E-state index in [0.29, 0.717) is 5.82 Å². The zero-order valence-electron chi connectivity index (χ0n) is 15.0. The van der Waals surface area contributed by atoms with Gasteiger partial charge in [-0.2, -0.15) is 0 Å². The molecular formula is C17H24N6O3. The van der Waals surface area contributed by atoms with Gasteiger partial charge in [0.05, 0.1) is 0 Å². The molecule has 2 unspecified atom stereocenters. The van der Waals surface area contributed by atoms with Crippen LogP contribution < -0.4 is 16.8 Å². The van der Waals surface area contributed by atoms with Gasteiger partial charge in [0, 0.05) is 18.4 Å². The number of carbonyl (C=O) groups excluding carboxylic acids is 1. The van der Waals surface area contributed by atoms with Crippen LogP contribution >= 0.6 is 0 Å². The minimum atomic E-state index is -1.76. The van der Waals surface area contributed by atoms with Gasteiger partial charge in [-0.15, -0.1) is 0 Å². The van der Waals surface area contributed by atoms with Crippen molar-refractivity contribution >= 4 is 23.9 Å². The molecule has 2 atom stereocenters. The van der Waals surface area contributed by atoms with Gasteiger partial charge in [0.15, 0.2) is 0 Å². The zero-order valence-corrected chi connectivity index (χ0v) is 15.0. The number of rotatable bonds is 6. The Labute approximate surface area is 152 Å². The molecule has 1 aliphatic rings. The highest BCUT2D eigenvalue weighted by Crippen LogP contribution is 2.27. The van der Waals surface area contributed by atoms with Gasteiger partial charge in [-0.05, 0) is 37.6 Å². The van der Waals surface area contributed by atoms with E-state index in [0.717, 1.165) is 16.2 Å². The number of primary amides is 1. The van der Waals surface area contributed by atoms with Crippen molar-refractivity contribution in [1.82, 2.24) is 9.80 Å². The number of nitrogens with two attached hydrogens (primary N) is 2. The summed E-state index contributed by atoms with van der Waals surface area (Å²) in [6.07, 6.45) is 2.98. The lowest BCUT2D eigenvalue weighted by atomic mass is 10.2. The topological polar surface area (TPSA) is 137 Å². The fourth-order valence-corrected chi connectivity index (χ4v) is 2.90. The average Bonchev–Trinajstić information content (AvgIpc) is 2.54. The molecule has 0 spiro atoms. The molecule has 9 heteroatoms. The number of carbonyl (C=O) groups is 2. The van der Waals surface area contributed by atoms with Gasteiger partial charge >= 0.3 is 12.0 Å². The Morgan fingerprint density at radius 1 is 1.46 bits per heavy atom. The second kappa shape index (κ2) is 7.54. The number of nitrogens with one attached hydrogen (secondary N) is 1. The number of hydrogen-bond acceptors (Lipinski definition) is 6. The normalized spacial score (nSPS) is 20.7. The lowest BCUT2D eigenvalue weighted by Crippen LogP contribution is -2.71.